The van der Waals surface area contributed by atoms with Crippen LogP contribution in [0.4, 0.5) is 0 Å². The fraction of sp³-hybridized carbons (Fsp3) is 1.00. The van der Waals surface area contributed by atoms with E-state index in [1.54, 1.807) is 0 Å². The molecule has 1 atom stereocenters. The molecule has 0 amide bonds. The maximum absolute atomic E-state index is 5.75. The van der Waals surface area contributed by atoms with E-state index in [2.05, 4.69) is 31.0 Å². The minimum Gasteiger partial charge on any atom is -0.376 e. The largest absolute Gasteiger partial charge is 0.376 e. The summed E-state index contributed by atoms with van der Waals surface area (Å²) in [5.74, 6) is 0. The number of ether oxygens (including phenoxy) is 1. The third-order valence-electron chi connectivity index (χ3n) is 2.78. The molecule has 1 fully saturated rings. The second-order valence-electron chi connectivity index (χ2n) is 4.69. The first-order chi connectivity index (χ1) is 7.22. The topological polar surface area (TPSA) is 24.5 Å². The number of hydrogen-bond donors (Lipinski definition) is 1. The van der Waals surface area contributed by atoms with Crippen molar-refractivity contribution in [3.05, 3.63) is 0 Å². The molecule has 1 aliphatic heterocycles. The Morgan fingerprint density at radius 3 is 2.93 bits per heavy atom. The Kier molecular flexibility index (Phi) is 6.22. The molecule has 0 aromatic carbocycles. The standard InChI is InChI=1S/C12H26N2O/c1-4-7-14-8-9-15-12(10-14)5-6-13-11(2)3/h11-13H,4-10H2,1-3H3/t12-/m0/s1. The summed E-state index contributed by atoms with van der Waals surface area (Å²) in [4.78, 5) is 2.52. The maximum Gasteiger partial charge on any atom is 0.0714 e. The molecule has 0 aromatic heterocycles. The Morgan fingerprint density at radius 1 is 1.47 bits per heavy atom. The lowest BCUT2D eigenvalue weighted by Gasteiger charge is -2.32. The quantitative estimate of drug-likeness (QED) is 0.725. The van der Waals surface area contributed by atoms with Crippen LogP contribution in [0.2, 0.25) is 0 Å². The Bertz CT molecular complexity index is 160. The van der Waals surface area contributed by atoms with Crippen molar-refractivity contribution in [2.24, 2.45) is 0 Å². The smallest absolute Gasteiger partial charge is 0.0714 e. The number of nitrogens with zero attached hydrogens (tertiary/aromatic N) is 1. The molecule has 0 unspecified atom stereocenters. The first kappa shape index (κ1) is 12.9. The Morgan fingerprint density at radius 2 is 2.27 bits per heavy atom. The summed E-state index contributed by atoms with van der Waals surface area (Å²) in [6.07, 6.45) is 2.83. The van der Waals surface area contributed by atoms with Crippen LogP contribution in [0.3, 0.4) is 0 Å². The van der Waals surface area contributed by atoms with E-state index in [1.165, 1.54) is 13.0 Å². The molecule has 0 bridgehead atoms. The van der Waals surface area contributed by atoms with Gasteiger partial charge in [-0.1, -0.05) is 20.8 Å². The molecule has 3 nitrogen and oxygen atoms in total. The molecule has 0 spiro atoms. The molecule has 0 aliphatic carbocycles. The van der Waals surface area contributed by atoms with Gasteiger partial charge in [0.2, 0.25) is 0 Å². The monoisotopic (exact) mass is 214 g/mol. The van der Waals surface area contributed by atoms with Crippen molar-refractivity contribution in [3.8, 4) is 0 Å². The summed E-state index contributed by atoms with van der Waals surface area (Å²) >= 11 is 0. The highest BCUT2D eigenvalue weighted by atomic mass is 16.5. The van der Waals surface area contributed by atoms with E-state index in [-0.39, 0.29) is 0 Å². The van der Waals surface area contributed by atoms with Crippen LogP contribution in [0.5, 0.6) is 0 Å². The van der Waals surface area contributed by atoms with Crippen LogP contribution < -0.4 is 5.32 Å². The van der Waals surface area contributed by atoms with E-state index in [9.17, 15) is 0 Å². The summed E-state index contributed by atoms with van der Waals surface area (Å²) in [7, 11) is 0. The summed E-state index contributed by atoms with van der Waals surface area (Å²) in [6, 6.07) is 0.584. The molecular weight excluding hydrogens is 188 g/mol. The summed E-state index contributed by atoms with van der Waals surface area (Å²) in [5.41, 5.74) is 0. The van der Waals surface area contributed by atoms with Crippen molar-refractivity contribution in [2.45, 2.75) is 45.8 Å². The zero-order valence-corrected chi connectivity index (χ0v) is 10.5. The third kappa shape index (κ3) is 5.50. The van der Waals surface area contributed by atoms with Crippen molar-refractivity contribution in [2.75, 3.05) is 32.8 Å². The van der Waals surface area contributed by atoms with E-state index in [4.69, 9.17) is 4.74 Å². The highest BCUT2D eigenvalue weighted by Crippen LogP contribution is 2.08. The maximum atomic E-state index is 5.75. The van der Waals surface area contributed by atoms with Gasteiger partial charge in [0.25, 0.3) is 0 Å². The van der Waals surface area contributed by atoms with E-state index >= 15 is 0 Å². The molecule has 1 aliphatic rings. The van der Waals surface area contributed by atoms with Gasteiger partial charge in [-0.15, -0.1) is 0 Å². The highest BCUT2D eigenvalue weighted by Gasteiger charge is 2.19. The fourth-order valence-corrected chi connectivity index (χ4v) is 2.01. The van der Waals surface area contributed by atoms with Crippen LogP contribution in [0.15, 0.2) is 0 Å². The first-order valence-electron chi connectivity index (χ1n) is 6.29. The Hall–Kier alpha value is -0.120. The summed E-state index contributed by atoms with van der Waals surface area (Å²) in [5, 5.41) is 3.44. The van der Waals surface area contributed by atoms with Crippen molar-refractivity contribution in [1.29, 1.82) is 0 Å². The van der Waals surface area contributed by atoms with Crippen LogP contribution in [0.1, 0.15) is 33.6 Å². The van der Waals surface area contributed by atoms with Crippen LogP contribution in [-0.2, 0) is 4.74 Å². The normalized spacial score (nSPS) is 23.6. The van der Waals surface area contributed by atoms with Crippen molar-refractivity contribution in [1.82, 2.24) is 10.2 Å². The van der Waals surface area contributed by atoms with Gasteiger partial charge in [0.1, 0.15) is 0 Å². The second-order valence-corrected chi connectivity index (χ2v) is 4.69. The van der Waals surface area contributed by atoms with Gasteiger partial charge in [0.15, 0.2) is 0 Å². The molecule has 1 saturated heterocycles. The van der Waals surface area contributed by atoms with Crippen LogP contribution in [-0.4, -0.2) is 49.8 Å². The molecule has 0 saturated carbocycles. The molecule has 0 aromatic rings. The summed E-state index contributed by atoms with van der Waals surface area (Å²) in [6.45, 7) is 12.0. The van der Waals surface area contributed by atoms with E-state index < -0.39 is 0 Å². The lowest BCUT2D eigenvalue weighted by molar-refractivity contribution is -0.0315. The van der Waals surface area contributed by atoms with Crippen LogP contribution >= 0.6 is 0 Å². The van der Waals surface area contributed by atoms with Gasteiger partial charge in [0.05, 0.1) is 12.7 Å². The van der Waals surface area contributed by atoms with Gasteiger partial charge < -0.3 is 10.1 Å². The van der Waals surface area contributed by atoms with E-state index in [0.29, 0.717) is 12.1 Å². The minimum absolute atomic E-state index is 0.441. The molecule has 3 heteroatoms. The van der Waals surface area contributed by atoms with Gasteiger partial charge in [-0.05, 0) is 25.9 Å². The van der Waals surface area contributed by atoms with Crippen molar-refractivity contribution < 1.29 is 4.74 Å². The zero-order chi connectivity index (χ0) is 11.1. The number of nitrogens with one attached hydrogen (secondary N) is 1. The van der Waals surface area contributed by atoms with Crippen molar-refractivity contribution >= 4 is 0 Å². The predicted molar refractivity (Wildman–Crippen MR) is 64.2 cm³/mol. The molecule has 0 radical (unpaired) electrons. The minimum atomic E-state index is 0.441. The fourth-order valence-electron chi connectivity index (χ4n) is 2.01. The molecular formula is C12H26N2O. The van der Waals surface area contributed by atoms with E-state index in [0.717, 1.165) is 32.7 Å². The SMILES string of the molecule is CCCN1CCO[C@@H](CCNC(C)C)C1. The van der Waals surface area contributed by atoms with Gasteiger partial charge in [-0.2, -0.15) is 0 Å². The van der Waals surface area contributed by atoms with Gasteiger partial charge >= 0.3 is 0 Å². The van der Waals surface area contributed by atoms with E-state index in [1.807, 2.05) is 0 Å². The number of hydrogen-bond acceptors (Lipinski definition) is 3. The molecule has 1 rings (SSSR count). The Labute approximate surface area is 94.2 Å². The molecule has 15 heavy (non-hydrogen) atoms. The lowest BCUT2D eigenvalue weighted by Crippen LogP contribution is -2.43. The molecule has 1 N–H and O–H groups in total. The summed E-state index contributed by atoms with van der Waals surface area (Å²) < 4.78 is 5.75. The molecule has 90 valence electrons. The van der Waals surface area contributed by atoms with Gasteiger partial charge in [0, 0.05) is 19.1 Å². The third-order valence-corrected chi connectivity index (χ3v) is 2.78. The lowest BCUT2D eigenvalue weighted by atomic mass is 10.2. The second kappa shape index (κ2) is 7.20. The number of rotatable bonds is 6. The van der Waals surface area contributed by atoms with Crippen molar-refractivity contribution in [3.63, 3.8) is 0 Å². The van der Waals surface area contributed by atoms with Crippen LogP contribution in [0.25, 0.3) is 0 Å². The first-order valence-corrected chi connectivity index (χ1v) is 6.29. The zero-order valence-electron chi connectivity index (χ0n) is 10.5. The van der Waals surface area contributed by atoms with Gasteiger partial charge in [-0.3, -0.25) is 4.90 Å². The predicted octanol–water partition coefficient (Wildman–Crippen LogP) is 1.49. The highest BCUT2D eigenvalue weighted by molar-refractivity contribution is 4.72. The van der Waals surface area contributed by atoms with Gasteiger partial charge in [-0.25, -0.2) is 0 Å². The number of morpholine rings is 1. The average Bonchev–Trinajstić information content (AvgIpc) is 2.18. The Balaban J connectivity index is 2.12. The molecule has 1 heterocycles. The average molecular weight is 214 g/mol. The van der Waals surface area contributed by atoms with Crippen LogP contribution in [0, 0.1) is 0 Å².